The van der Waals surface area contributed by atoms with Gasteiger partial charge in [0.1, 0.15) is 5.82 Å². The Kier molecular flexibility index (Phi) is 6.88. The minimum absolute atomic E-state index is 0.175. The highest BCUT2D eigenvalue weighted by atomic mass is 35.5. The number of nitrogens with zero attached hydrogens (tertiary/aromatic N) is 5. The van der Waals surface area contributed by atoms with E-state index in [0.29, 0.717) is 16.6 Å². The number of pyridine rings is 1. The number of hydrogen-bond donors (Lipinski definition) is 1. The molecule has 0 aliphatic rings. The predicted octanol–water partition coefficient (Wildman–Crippen LogP) is 4.98. The van der Waals surface area contributed by atoms with Crippen LogP contribution >= 0.6 is 46.5 Å². The highest BCUT2D eigenvalue weighted by Crippen LogP contribution is 2.31. The fourth-order valence-electron chi connectivity index (χ4n) is 2.68. The molecule has 30 heavy (non-hydrogen) atoms. The second kappa shape index (κ2) is 9.78. The summed E-state index contributed by atoms with van der Waals surface area (Å²) in [6, 6.07) is 11.5. The molecule has 0 fully saturated rings. The number of carbonyl (C=O) groups excluding carboxylic acids is 1. The highest BCUT2D eigenvalue weighted by Gasteiger charge is 2.15. The first kappa shape index (κ1) is 21.1. The third kappa shape index (κ3) is 4.94. The molecule has 0 unspecified atom stereocenters. The van der Waals surface area contributed by atoms with Gasteiger partial charge in [-0.25, -0.2) is 9.97 Å². The Morgan fingerprint density at radius 3 is 2.87 bits per heavy atom. The van der Waals surface area contributed by atoms with E-state index in [0.717, 1.165) is 22.2 Å². The molecule has 1 amide bonds. The first-order valence-corrected chi connectivity index (χ1v) is 12.2. The number of carbonyl (C=O) groups is 1. The Bertz CT molecular complexity index is 1150. The molecule has 0 saturated heterocycles. The number of anilines is 1. The zero-order valence-electron chi connectivity index (χ0n) is 15.9. The van der Waals surface area contributed by atoms with Crippen molar-refractivity contribution in [1.29, 1.82) is 0 Å². The van der Waals surface area contributed by atoms with Crippen molar-refractivity contribution in [1.82, 2.24) is 24.7 Å². The first-order chi connectivity index (χ1) is 14.6. The highest BCUT2D eigenvalue weighted by molar-refractivity contribution is 8.00. The summed E-state index contributed by atoms with van der Waals surface area (Å²) in [7, 11) is 0. The summed E-state index contributed by atoms with van der Waals surface area (Å²) in [6.07, 6.45) is 1.57. The molecule has 0 saturated carbocycles. The molecule has 7 nitrogen and oxygen atoms in total. The number of aromatic nitrogens is 5. The van der Waals surface area contributed by atoms with Crippen LogP contribution in [0.15, 0.2) is 52.1 Å². The maximum atomic E-state index is 12.3. The van der Waals surface area contributed by atoms with Crippen LogP contribution in [0.3, 0.4) is 0 Å². The minimum Gasteiger partial charge on any atom is -0.323 e. The molecular weight excluding hydrogens is 460 g/mol. The van der Waals surface area contributed by atoms with Gasteiger partial charge in [0.15, 0.2) is 14.6 Å². The molecule has 0 aliphatic carbocycles. The van der Waals surface area contributed by atoms with Gasteiger partial charge in [-0.15, -0.1) is 21.5 Å². The van der Waals surface area contributed by atoms with Gasteiger partial charge in [-0.3, -0.25) is 4.79 Å². The summed E-state index contributed by atoms with van der Waals surface area (Å²) in [5.74, 6) is 1.55. The molecule has 3 heterocycles. The summed E-state index contributed by atoms with van der Waals surface area (Å²) in [6.45, 7) is 2.76. The standard InChI is InChI=1S/C19H17ClN6OS3/c1-2-26-15(10-29-19-23-12-6-3-4-8-14(12)30-19)24-25-18(26)28-11-16(27)22-13-7-5-9-21-17(13)20/h3-9H,2,10-11H2,1H3,(H,22,27). The molecule has 154 valence electrons. The number of thiazole rings is 1. The number of amides is 1. The molecule has 0 aliphatic heterocycles. The zero-order chi connectivity index (χ0) is 20.9. The van der Waals surface area contributed by atoms with E-state index >= 15 is 0 Å². The third-order valence-electron chi connectivity index (χ3n) is 4.07. The SMILES string of the molecule is CCn1c(CSc2nc3ccccc3s2)nnc1SCC(=O)Nc1cccnc1Cl. The van der Waals surface area contributed by atoms with E-state index < -0.39 is 0 Å². The summed E-state index contributed by atoms with van der Waals surface area (Å²) in [5.41, 5.74) is 1.51. The summed E-state index contributed by atoms with van der Waals surface area (Å²) in [5, 5.41) is 12.3. The fraction of sp³-hybridized carbons (Fsp3) is 0.211. The van der Waals surface area contributed by atoms with Crippen LogP contribution in [0.2, 0.25) is 5.15 Å². The van der Waals surface area contributed by atoms with Crippen LogP contribution in [-0.4, -0.2) is 36.4 Å². The normalized spacial score (nSPS) is 11.1. The summed E-state index contributed by atoms with van der Waals surface area (Å²) >= 11 is 10.6. The third-order valence-corrected chi connectivity index (χ3v) is 7.52. The average molecular weight is 477 g/mol. The van der Waals surface area contributed by atoms with Crippen LogP contribution in [-0.2, 0) is 17.1 Å². The number of halogens is 1. The first-order valence-electron chi connectivity index (χ1n) is 9.07. The van der Waals surface area contributed by atoms with Crippen molar-refractivity contribution in [2.75, 3.05) is 11.1 Å². The van der Waals surface area contributed by atoms with Gasteiger partial charge >= 0.3 is 0 Å². The van der Waals surface area contributed by atoms with Crippen LogP contribution in [0.5, 0.6) is 0 Å². The lowest BCUT2D eigenvalue weighted by Gasteiger charge is -2.08. The van der Waals surface area contributed by atoms with E-state index in [1.54, 1.807) is 41.4 Å². The van der Waals surface area contributed by atoms with Gasteiger partial charge in [-0.1, -0.05) is 47.3 Å². The molecule has 0 atom stereocenters. The smallest absolute Gasteiger partial charge is 0.234 e. The molecule has 0 bridgehead atoms. The summed E-state index contributed by atoms with van der Waals surface area (Å²) < 4.78 is 4.20. The molecule has 0 radical (unpaired) electrons. The van der Waals surface area contributed by atoms with Crippen molar-refractivity contribution >= 4 is 68.3 Å². The van der Waals surface area contributed by atoms with Gasteiger partial charge in [0.25, 0.3) is 0 Å². The van der Waals surface area contributed by atoms with E-state index in [1.165, 1.54) is 16.5 Å². The molecule has 4 rings (SSSR count). The minimum atomic E-state index is -0.175. The van der Waals surface area contributed by atoms with E-state index in [1.807, 2.05) is 29.7 Å². The van der Waals surface area contributed by atoms with Crippen LogP contribution in [0, 0.1) is 0 Å². The predicted molar refractivity (Wildman–Crippen MR) is 123 cm³/mol. The Morgan fingerprint density at radius 1 is 1.20 bits per heavy atom. The molecule has 0 spiro atoms. The van der Waals surface area contributed by atoms with Crippen molar-refractivity contribution in [2.45, 2.75) is 28.7 Å². The molecule has 1 N–H and O–H groups in total. The number of para-hydroxylation sites is 1. The van der Waals surface area contributed by atoms with Crippen molar-refractivity contribution in [2.24, 2.45) is 0 Å². The van der Waals surface area contributed by atoms with E-state index in [-0.39, 0.29) is 16.8 Å². The molecule has 11 heteroatoms. The van der Waals surface area contributed by atoms with Gasteiger partial charge in [0, 0.05) is 12.7 Å². The number of hydrogen-bond acceptors (Lipinski definition) is 8. The lowest BCUT2D eigenvalue weighted by Crippen LogP contribution is -2.15. The quantitative estimate of drug-likeness (QED) is 0.283. The maximum Gasteiger partial charge on any atom is 0.234 e. The Balaban J connectivity index is 1.37. The summed E-state index contributed by atoms with van der Waals surface area (Å²) in [4.78, 5) is 20.9. The lowest BCUT2D eigenvalue weighted by atomic mass is 10.3. The largest absolute Gasteiger partial charge is 0.323 e. The molecule has 3 aromatic heterocycles. The number of nitrogens with one attached hydrogen (secondary N) is 1. The maximum absolute atomic E-state index is 12.3. The van der Waals surface area contributed by atoms with Crippen molar-refractivity contribution in [3.8, 4) is 0 Å². The number of rotatable bonds is 8. The zero-order valence-corrected chi connectivity index (χ0v) is 19.1. The molecule has 1 aromatic carbocycles. The van der Waals surface area contributed by atoms with Gasteiger partial charge in [0.05, 0.1) is 27.4 Å². The number of thioether (sulfide) groups is 2. The lowest BCUT2D eigenvalue weighted by molar-refractivity contribution is -0.113. The topological polar surface area (TPSA) is 85.6 Å². The van der Waals surface area contributed by atoms with E-state index in [9.17, 15) is 4.79 Å². The molecule has 4 aromatic rings. The van der Waals surface area contributed by atoms with Gasteiger partial charge < -0.3 is 9.88 Å². The van der Waals surface area contributed by atoms with Crippen molar-refractivity contribution in [3.63, 3.8) is 0 Å². The van der Waals surface area contributed by atoms with Crippen LogP contribution in [0.4, 0.5) is 5.69 Å². The Labute approximate surface area is 190 Å². The van der Waals surface area contributed by atoms with Crippen LogP contribution in [0.25, 0.3) is 10.2 Å². The van der Waals surface area contributed by atoms with Gasteiger partial charge in [-0.2, -0.15) is 0 Å². The second-order valence-corrected chi connectivity index (χ2v) is 9.61. The Morgan fingerprint density at radius 2 is 2.07 bits per heavy atom. The van der Waals surface area contributed by atoms with Crippen molar-refractivity contribution < 1.29 is 4.79 Å². The van der Waals surface area contributed by atoms with Crippen LogP contribution < -0.4 is 5.32 Å². The molecular formula is C19H17ClN6OS3. The van der Waals surface area contributed by atoms with Crippen LogP contribution in [0.1, 0.15) is 12.7 Å². The fourth-order valence-corrected chi connectivity index (χ4v) is 5.68. The van der Waals surface area contributed by atoms with E-state index in [2.05, 4.69) is 31.5 Å². The van der Waals surface area contributed by atoms with Crippen molar-refractivity contribution in [3.05, 3.63) is 53.6 Å². The second-order valence-electron chi connectivity index (χ2n) is 6.06. The van der Waals surface area contributed by atoms with Gasteiger partial charge in [-0.05, 0) is 31.2 Å². The van der Waals surface area contributed by atoms with Gasteiger partial charge in [0.2, 0.25) is 5.91 Å². The monoisotopic (exact) mass is 476 g/mol. The number of fused-ring (bicyclic) bond motifs is 1. The number of benzene rings is 1. The van der Waals surface area contributed by atoms with E-state index in [4.69, 9.17) is 11.6 Å². The average Bonchev–Trinajstić information content (AvgIpc) is 3.35. The Hall–Kier alpha value is -2.14.